The first-order valence-corrected chi connectivity index (χ1v) is 9.08. The van der Waals surface area contributed by atoms with Gasteiger partial charge in [-0.2, -0.15) is 11.8 Å². The van der Waals surface area contributed by atoms with Crippen LogP contribution in [0.3, 0.4) is 0 Å². The first-order valence-electron chi connectivity index (χ1n) is 6.27. The Balaban J connectivity index is 2.37. The smallest absolute Gasteiger partial charge is 0.155 e. The lowest BCUT2D eigenvalue weighted by molar-refractivity contribution is -0.119. The maximum absolute atomic E-state index is 11.9. The fourth-order valence-corrected chi connectivity index (χ4v) is 3.74. The Kier molecular flexibility index (Phi) is 5.67. The number of thioether (sulfide) groups is 1. The van der Waals surface area contributed by atoms with Crippen LogP contribution in [0.5, 0.6) is 0 Å². The van der Waals surface area contributed by atoms with Crippen LogP contribution in [0.1, 0.15) is 33.6 Å². The molecule has 1 aliphatic rings. The number of carbonyl (C=O) groups is 1. The molecule has 1 N–H and O–H groups in total. The second kappa shape index (κ2) is 6.39. The monoisotopic (exact) mass is 293 g/mol. The molecule has 18 heavy (non-hydrogen) atoms. The summed E-state index contributed by atoms with van der Waals surface area (Å²) in [6, 6.07) is 0.216. The second-order valence-corrected chi connectivity index (χ2v) is 9.66. The van der Waals surface area contributed by atoms with Gasteiger partial charge in [-0.3, -0.25) is 4.79 Å². The molecule has 1 aliphatic heterocycles. The van der Waals surface area contributed by atoms with E-state index in [9.17, 15) is 13.2 Å². The minimum absolute atomic E-state index is 0.0325. The molecule has 1 heterocycles. The van der Waals surface area contributed by atoms with Gasteiger partial charge in [0.25, 0.3) is 0 Å². The van der Waals surface area contributed by atoms with Gasteiger partial charge in [-0.05, 0) is 20.8 Å². The van der Waals surface area contributed by atoms with Gasteiger partial charge >= 0.3 is 0 Å². The molecule has 1 atom stereocenters. The molecule has 1 saturated heterocycles. The Morgan fingerprint density at radius 2 is 2.06 bits per heavy atom. The zero-order chi connectivity index (χ0) is 13.8. The number of Topliss-reactive ketones (excluding diaryl/α,β-unsaturated/α-hetero) is 1. The van der Waals surface area contributed by atoms with E-state index in [4.69, 9.17) is 0 Å². The van der Waals surface area contributed by atoms with Crippen molar-refractivity contribution < 1.29 is 13.2 Å². The van der Waals surface area contributed by atoms with Gasteiger partial charge in [-0.25, -0.2) is 8.42 Å². The van der Waals surface area contributed by atoms with Crippen molar-refractivity contribution >= 4 is 27.4 Å². The first-order chi connectivity index (χ1) is 8.22. The fourth-order valence-electron chi connectivity index (χ4n) is 1.68. The summed E-state index contributed by atoms with van der Waals surface area (Å²) in [5.41, 5.74) is 0. The Bertz CT molecular complexity index is 379. The summed E-state index contributed by atoms with van der Waals surface area (Å²) in [5.74, 6) is 2.04. The third-order valence-corrected chi connectivity index (χ3v) is 6.79. The molecule has 4 nitrogen and oxygen atoms in total. The summed E-state index contributed by atoms with van der Waals surface area (Å²) >= 11 is 1.84. The molecule has 0 aromatic heterocycles. The highest BCUT2D eigenvalue weighted by Crippen LogP contribution is 2.18. The average molecular weight is 293 g/mol. The lowest BCUT2D eigenvalue weighted by atomic mass is 10.1. The number of carbonyl (C=O) groups excluding carboxylic acids is 1. The number of nitrogens with one attached hydrogen (secondary N) is 1. The summed E-state index contributed by atoms with van der Waals surface area (Å²) in [6.45, 7) is 5.95. The standard InChI is InChI=1S/C12H23NO3S2/c1-12(2,3)18(15,16)7-4-11(14)8-10-9-17-6-5-13-10/h10,13H,4-9H2,1-3H3. The van der Waals surface area contributed by atoms with E-state index < -0.39 is 14.6 Å². The Hall–Kier alpha value is -0.0700. The van der Waals surface area contributed by atoms with Crippen molar-refractivity contribution in [2.24, 2.45) is 0 Å². The highest BCUT2D eigenvalue weighted by Gasteiger charge is 2.29. The van der Waals surface area contributed by atoms with E-state index in [2.05, 4.69) is 5.32 Å². The fraction of sp³-hybridized carbons (Fsp3) is 0.917. The van der Waals surface area contributed by atoms with Crippen molar-refractivity contribution in [3.8, 4) is 0 Å². The maximum Gasteiger partial charge on any atom is 0.155 e. The summed E-state index contributed by atoms with van der Waals surface area (Å²) in [7, 11) is -3.18. The minimum atomic E-state index is -3.18. The summed E-state index contributed by atoms with van der Waals surface area (Å²) in [4.78, 5) is 11.8. The highest BCUT2D eigenvalue weighted by molar-refractivity contribution is 7.99. The number of rotatable bonds is 5. The quantitative estimate of drug-likeness (QED) is 0.826. The third kappa shape index (κ3) is 4.90. The topological polar surface area (TPSA) is 63.2 Å². The maximum atomic E-state index is 11.9. The van der Waals surface area contributed by atoms with Crippen LogP contribution in [0.4, 0.5) is 0 Å². The SMILES string of the molecule is CC(C)(C)S(=O)(=O)CCC(=O)CC1CSCCN1. The van der Waals surface area contributed by atoms with Crippen LogP contribution in [-0.2, 0) is 14.6 Å². The summed E-state index contributed by atoms with van der Waals surface area (Å²) in [6.07, 6.45) is 0.592. The molecule has 0 aromatic carbocycles. The van der Waals surface area contributed by atoms with E-state index in [1.807, 2.05) is 11.8 Å². The highest BCUT2D eigenvalue weighted by atomic mass is 32.2. The molecule has 106 valence electrons. The number of sulfone groups is 1. The predicted molar refractivity (Wildman–Crippen MR) is 76.9 cm³/mol. The molecular formula is C12H23NO3S2. The second-order valence-electron chi connectivity index (χ2n) is 5.65. The molecule has 1 fully saturated rings. The van der Waals surface area contributed by atoms with Gasteiger partial charge in [0.15, 0.2) is 9.84 Å². The summed E-state index contributed by atoms with van der Waals surface area (Å²) in [5, 5.41) is 3.29. The van der Waals surface area contributed by atoms with Crippen LogP contribution in [0, 0.1) is 0 Å². The Morgan fingerprint density at radius 1 is 1.39 bits per heavy atom. The van der Waals surface area contributed by atoms with E-state index in [1.165, 1.54) is 0 Å². The summed E-state index contributed by atoms with van der Waals surface area (Å²) < 4.78 is 23.0. The molecular weight excluding hydrogens is 270 g/mol. The van der Waals surface area contributed by atoms with E-state index in [1.54, 1.807) is 20.8 Å². The van der Waals surface area contributed by atoms with Crippen LogP contribution in [0.25, 0.3) is 0 Å². The predicted octanol–water partition coefficient (Wildman–Crippen LogP) is 1.25. The Morgan fingerprint density at radius 3 is 2.56 bits per heavy atom. The molecule has 0 amide bonds. The van der Waals surface area contributed by atoms with E-state index >= 15 is 0 Å². The van der Waals surface area contributed by atoms with Crippen molar-refractivity contribution in [1.82, 2.24) is 5.32 Å². The van der Waals surface area contributed by atoms with Crippen molar-refractivity contribution in [3.63, 3.8) is 0 Å². The lowest BCUT2D eigenvalue weighted by Crippen LogP contribution is -2.39. The van der Waals surface area contributed by atoms with Gasteiger partial charge in [0.1, 0.15) is 5.78 Å². The van der Waals surface area contributed by atoms with E-state index in [0.717, 1.165) is 18.1 Å². The van der Waals surface area contributed by atoms with Crippen molar-refractivity contribution in [3.05, 3.63) is 0 Å². The van der Waals surface area contributed by atoms with E-state index in [0.29, 0.717) is 6.42 Å². The number of hydrogen-bond acceptors (Lipinski definition) is 5. The zero-order valence-electron chi connectivity index (χ0n) is 11.4. The Labute approximate surface area is 114 Å². The molecule has 0 saturated carbocycles. The van der Waals surface area contributed by atoms with Crippen LogP contribution in [0.2, 0.25) is 0 Å². The number of hydrogen-bond donors (Lipinski definition) is 1. The molecule has 0 bridgehead atoms. The van der Waals surface area contributed by atoms with Gasteiger partial charge in [-0.15, -0.1) is 0 Å². The van der Waals surface area contributed by atoms with E-state index in [-0.39, 0.29) is 24.0 Å². The molecule has 0 aromatic rings. The molecule has 1 rings (SSSR count). The molecule has 0 aliphatic carbocycles. The van der Waals surface area contributed by atoms with Crippen molar-refractivity contribution in [1.29, 1.82) is 0 Å². The van der Waals surface area contributed by atoms with Crippen molar-refractivity contribution in [2.75, 3.05) is 23.8 Å². The largest absolute Gasteiger partial charge is 0.312 e. The molecule has 0 spiro atoms. The van der Waals surface area contributed by atoms with Gasteiger partial charge in [-0.1, -0.05) is 0 Å². The van der Waals surface area contributed by atoms with Gasteiger partial charge < -0.3 is 5.32 Å². The average Bonchev–Trinajstić information content (AvgIpc) is 2.26. The van der Waals surface area contributed by atoms with Gasteiger partial charge in [0.05, 0.1) is 10.5 Å². The molecule has 0 radical (unpaired) electrons. The first kappa shape index (κ1) is 16.0. The van der Waals surface area contributed by atoms with Gasteiger partial charge in [0, 0.05) is 36.9 Å². The third-order valence-electron chi connectivity index (χ3n) is 3.06. The normalized spacial score (nSPS) is 21.8. The lowest BCUT2D eigenvalue weighted by Gasteiger charge is -2.23. The molecule has 1 unspecified atom stereocenters. The zero-order valence-corrected chi connectivity index (χ0v) is 13.0. The molecule has 6 heteroatoms. The minimum Gasteiger partial charge on any atom is -0.312 e. The van der Waals surface area contributed by atoms with Gasteiger partial charge in [0.2, 0.25) is 0 Å². The van der Waals surface area contributed by atoms with Crippen LogP contribution < -0.4 is 5.32 Å². The van der Waals surface area contributed by atoms with Crippen LogP contribution >= 0.6 is 11.8 Å². The van der Waals surface area contributed by atoms with Crippen molar-refractivity contribution in [2.45, 2.75) is 44.4 Å². The van der Waals surface area contributed by atoms with Crippen LogP contribution in [-0.4, -0.2) is 48.8 Å². The van der Waals surface area contributed by atoms with Crippen LogP contribution in [0.15, 0.2) is 0 Å². The number of ketones is 1.